The van der Waals surface area contributed by atoms with Crippen molar-refractivity contribution in [1.29, 1.82) is 0 Å². The average molecular weight is 266 g/mol. The summed E-state index contributed by atoms with van der Waals surface area (Å²) in [5.74, 6) is 0. The quantitative estimate of drug-likeness (QED) is 0.850. The lowest BCUT2D eigenvalue weighted by atomic mass is 9.97. The van der Waals surface area contributed by atoms with Gasteiger partial charge in [0.1, 0.15) is 5.60 Å². The molecule has 0 spiro atoms. The number of hydrogen-bond donors (Lipinski definition) is 2. The van der Waals surface area contributed by atoms with Gasteiger partial charge in [-0.05, 0) is 32.9 Å². The summed E-state index contributed by atoms with van der Waals surface area (Å²) in [4.78, 5) is 15.7. The molecule has 1 aliphatic heterocycles. The van der Waals surface area contributed by atoms with Crippen LogP contribution < -0.4 is 5.32 Å². The number of hydrogen-bond acceptors (Lipinski definition) is 5. The fourth-order valence-corrected chi connectivity index (χ4v) is 1.63. The Morgan fingerprint density at radius 3 is 2.74 bits per heavy atom. The predicted molar refractivity (Wildman–Crippen MR) is 68.8 cm³/mol. The van der Waals surface area contributed by atoms with Crippen molar-refractivity contribution in [1.82, 2.24) is 4.98 Å². The van der Waals surface area contributed by atoms with Gasteiger partial charge in [0.25, 0.3) is 0 Å². The van der Waals surface area contributed by atoms with Gasteiger partial charge in [0.15, 0.2) is 5.60 Å². The first kappa shape index (κ1) is 13.8. The van der Waals surface area contributed by atoms with Gasteiger partial charge in [0.2, 0.25) is 0 Å². The van der Waals surface area contributed by atoms with E-state index >= 15 is 0 Å². The molecule has 104 valence electrons. The van der Waals surface area contributed by atoms with Crippen molar-refractivity contribution >= 4 is 11.8 Å². The molecule has 19 heavy (non-hydrogen) atoms. The third-order valence-electron chi connectivity index (χ3n) is 2.56. The molecule has 0 radical (unpaired) electrons. The lowest BCUT2D eigenvalue weighted by molar-refractivity contribution is -0.186. The number of pyridine rings is 1. The number of amides is 1. The van der Waals surface area contributed by atoms with Gasteiger partial charge in [-0.15, -0.1) is 0 Å². The molecule has 1 aromatic rings. The van der Waals surface area contributed by atoms with Crippen LogP contribution in [0.15, 0.2) is 18.3 Å². The molecule has 2 N–H and O–H groups in total. The van der Waals surface area contributed by atoms with Crippen LogP contribution in [0.4, 0.5) is 10.5 Å². The topological polar surface area (TPSA) is 80.7 Å². The Labute approximate surface area is 111 Å². The van der Waals surface area contributed by atoms with E-state index in [1.165, 1.54) is 6.20 Å². The van der Waals surface area contributed by atoms with Gasteiger partial charge in [-0.2, -0.15) is 0 Å². The van der Waals surface area contributed by atoms with Crippen molar-refractivity contribution in [2.75, 3.05) is 18.5 Å². The maximum Gasteiger partial charge on any atom is 0.412 e. The Morgan fingerprint density at radius 2 is 2.21 bits per heavy atom. The van der Waals surface area contributed by atoms with E-state index in [9.17, 15) is 9.90 Å². The number of aliphatic hydroxyl groups is 1. The Hall–Kier alpha value is -1.66. The summed E-state index contributed by atoms with van der Waals surface area (Å²) in [6.45, 7) is 5.81. The second-order valence-electron chi connectivity index (χ2n) is 5.58. The van der Waals surface area contributed by atoms with E-state index < -0.39 is 17.3 Å². The molecule has 0 bridgehead atoms. The number of carbonyl (C=O) groups is 1. The average Bonchev–Trinajstić information content (AvgIpc) is 2.23. The minimum atomic E-state index is -1.05. The zero-order valence-electron chi connectivity index (χ0n) is 11.3. The Morgan fingerprint density at radius 1 is 1.53 bits per heavy atom. The lowest BCUT2D eigenvalue weighted by Gasteiger charge is -2.35. The summed E-state index contributed by atoms with van der Waals surface area (Å²) in [7, 11) is 0. The smallest absolute Gasteiger partial charge is 0.412 e. The van der Waals surface area contributed by atoms with E-state index in [-0.39, 0.29) is 13.2 Å². The number of anilines is 1. The van der Waals surface area contributed by atoms with Crippen molar-refractivity contribution in [2.45, 2.75) is 32.0 Å². The third-order valence-corrected chi connectivity index (χ3v) is 2.56. The van der Waals surface area contributed by atoms with Gasteiger partial charge < -0.3 is 14.6 Å². The molecule has 0 unspecified atom stereocenters. The lowest BCUT2D eigenvalue weighted by Crippen LogP contribution is -2.47. The Balaban J connectivity index is 2.05. The first-order valence-corrected chi connectivity index (χ1v) is 6.05. The predicted octanol–water partition coefficient (Wildman–Crippen LogP) is 1.65. The molecule has 0 atom stereocenters. The van der Waals surface area contributed by atoms with Gasteiger partial charge in [-0.25, -0.2) is 4.79 Å². The van der Waals surface area contributed by atoms with Crippen LogP contribution >= 0.6 is 0 Å². The highest BCUT2D eigenvalue weighted by Crippen LogP contribution is 2.29. The molecule has 1 amide bonds. The zero-order valence-corrected chi connectivity index (χ0v) is 11.3. The van der Waals surface area contributed by atoms with Crippen LogP contribution in [0.2, 0.25) is 0 Å². The summed E-state index contributed by atoms with van der Waals surface area (Å²) in [5.41, 5.74) is -0.599. The van der Waals surface area contributed by atoms with Gasteiger partial charge in [-0.1, -0.05) is 0 Å². The molecule has 1 aromatic heterocycles. The molecule has 1 saturated heterocycles. The maximum atomic E-state index is 11.6. The molecule has 0 aromatic carbocycles. The molecule has 6 nitrogen and oxygen atoms in total. The number of ether oxygens (including phenoxy) is 2. The number of nitrogens with one attached hydrogen (secondary N) is 1. The fraction of sp³-hybridized carbons (Fsp3) is 0.538. The van der Waals surface area contributed by atoms with Gasteiger partial charge in [0.05, 0.1) is 18.9 Å². The van der Waals surface area contributed by atoms with Crippen LogP contribution in [0.1, 0.15) is 26.5 Å². The molecule has 0 aliphatic carbocycles. The van der Waals surface area contributed by atoms with E-state index in [0.29, 0.717) is 11.4 Å². The summed E-state index contributed by atoms with van der Waals surface area (Å²) in [5, 5.41) is 12.7. The van der Waals surface area contributed by atoms with Gasteiger partial charge in [-0.3, -0.25) is 10.3 Å². The molecule has 1 aliphatic rings. The van der Waals surface area contributed by atoms with E-state index in [1.807, 2.05) is 0 Å². The van der Waals surface area contributed by atoms with Gasteiger partial charge in [0, 0.05) is 11.9 Å². The van der Waals surface area contributed by atoms with E-state index in [0.717, 1.165) is 0 Å². The van der Waals surface area contributed by atoms with Gasteiger partial charge >= 0.3 is 6.09 Å². The molecule has 1 fully saturated rings. The van der Waals surface area contributed by atoms with E-state index in [4.69, 9.17) is 9.47 Å². The third kappa shape index (κ3) is 3.42. The van der Waals surface area contributed by atoms with E-state index in [2.05, 4.69) is 10.3 Å². The van der Waals surface area contributed by atoms with Crippen molar-refractivity contribution in [2.24, 2.45) is 0 Å². The number of carbonyl (C=O) groups excluding carboxylic acids is 1. The minimum Gasteiger partial charge on any atom is -0.444 e. The van der Waals surface area contributed by atoms with Crippen LogP contribution in [-0.4, -0.2) is 35.0 Å². The van der Waals surface area contributed by atoms with Crippen molar-refractivity contribution in [3.05, 3.63) is 24.0 Å². The highest BCUT2D eigenvalue weighted by Gasteiger charge is 2.39. The maximum absolute atomic E-state index is 11.6. The van der Waals surface area contributed by atoms with Crippen LogP contribution in [-0.2, 0) is 15.1 Å². The molecule has 0 saturated carbocycles. The van der Waals surface area contributed by atoms with Crippen LogP contribution in [0.5, 0.6) is 0 Å². The first-order valence-electron chi connectivity index (χ1n) is 6.05. The number of rotatable bonds is 2. The summed E-state index contributed by atoms with van der Waals surface area (Å²) in [6, 6.07) is 3.25. The highest BCUT2D eigenvalue weighted by molar-refractivity contribution is 5.84. The van der Waals surface area contributed by atoms with Crippen LogP contribution in [0.3, 0.4) is 0 Å². The molecule has 2 heterocycles. The monoisotopic (exact) mass is 266 g/mol. The number of nitrogens with zero attached hydrogens (tertiary/aromatic N) is 1. The Bertz CT molecular complexity index is 478. The van der Waals surface area contributed by atoms with E-state index in [1.54, 1.807) is 32.9 Å². The standard InChI is InChI=1S/C13H18N2O4/c1-12(2,3)19-11(16)15-9-4-5-14-10(6-9)13(17)7-18-8-13/h4-6,17H,7-8H2,1-3H3,(H,14,15,16). The van der Waals surface area contributed by atoms with Crippen LogP contribution in [0.25, 0.3) is 0 Å². The summed E-state index contributed by atoms with van der Waals surface area (Å²) >= 11 is 0. The Kier molecular flexibility index (Phi) is 3.47. The second-order valence-corrected chi connectivity index (χ2v) is 5.58. The molecular weight excluding hydrogens is 248 g/mol. The zero-order chi connectivity index (χ0) is 14.1. The molecule has 2 rings (SSSR count). The number of aromatic nitrogens is 1. The molecular formula is C13H18N2O4. The summed E-state index contributed by atoms with van der Waals surface area (Å²) in [6.07, 6.45) is 0.986. The molecule has 6 heteroatoms. The van der Waals surface area contributed by atoms with Crippen molar-refractivity contribution in [3.63, 3.8) is 0 Å². The minimum absolute atomic E-state index is 0.218. The normalized spacial score (nSPS) is 17.5. The largest absolute Gasteiger partial charge is 0.444 e. The fourth-order valence-electron chi connectivity index (χ4n) is 1.63. The summed E-state index contributed by atoms with van der Waals surface area (Å²) < 4.78 is 10.1. The van der Waals surface area contributed by atoms with Crippen molar-refractivity contribution < 1.29 is 19.4 Å². The SMILES string of the molecule is CC(C)(C)OC(=O)Nc1ccnc(C2(O)COC2)c1. The highest BCUT2D eigenvalue weighted by atomic mass is 16.6. The van der Waals surface area contributed by atoms with Crippen molar-refractivity contribution in [3.8, 4) is 0 Å². The van der Waals surface area contributed by atoms with Crippen LogP contribution in [0, 0.1) is 0 Å². The second kappa shape index (κ2) is 4.79. The first-order chi connectivity index (χ1) is 8.78.